The molecule has 1 atom stereocenters. The van der Waals surface area contributed by atoms with Gasteiger partial charge in [-0.1, -0.05) is 26.0 Å². The smallest absolute Gasteiger partial charge is 0.337 e. The number of hydrogen-bond acceptors (Lipinski definition) is 4. The van der Waals surface area contributed by atoms with Gasteiger partial charge in [-0.25, -0.2) is 9.78 Å². The molecule has 0 bridgehead atoms. The van der Waals surface area contributed by atoms with E-state index in [0.717, 1.165) is 42.5 Å². The Balaban J connectivity index is 1.75. The number of hydrogen-bond donors (Lipinski definition) is 2. The number of nitrogens with zero attached hydrogens (tertiary/aromatic N) is 2. The van der Waals surface area contributed by atoms with Gasteiger partial charge >= 0.3 is 5.97 Å². The molecule has 0 saturated heterocycles. The summed E-state index contributed by atoms with van der Waals surface area (Å²) in [5.74, 6) is -0.683. The molecule has 1 aliphatic carbocycles. The maximum atomic E-state index is 13.0. The van der Waals surface area contributed by atoms with Gasteiger partial charge in [-0.2, -0.15) is 0 Å². The molecule has 3 aromatic rings. The summed E-state index contributed by atoms with van der Waals surface area (Å²) in [7, 11) is 0. The summed E-state index contributed by atoms with van der Waals surface area (Å²) in [6, 6.07) is 10.3. The SMILES string of the molecule is Cc1cc([C@@H](C)Nc2ccccc2C(=O)O)c2nc(C3CCC(C)(C)CC3)cc(=O)n2c1. The van der Waals surface area contributed by atoms with Crippen LogP contribution in [0.1, 0.15) is 85.6 Å². The second-order valence-corrected chi connectivity index (χ2v) is 9.84. The third kappa shape index (κ3) is 4.40. The number of anilines is 1. The highest BCUT2D eigenvalue weighted by molar-refractivity contribution is 5.94. The molecule has 32 heavy (non-hydrogen) atoms. The minimum absolute atomic E-state index is 0.0714. The van der Waals surface area contributed by atoms with Crippen molar-refractivity contribution in [3.05, 3.63) is 75.3 Å². The lowest BCUT2D eigenvalue weighted by Crippen LogP contribution is -2.24. The Hall–Kier alpha value is -3.15. The Morgan fingerprint density at radius 1 is 1.22 bits per heavy atom. The molecule has 168 valence electrons. The van der Waals surface area contributed by atoms with Crippen LogP contribution in [0.3, 0.4) is 0 Å². The van der Waals surface area contributed by atoms with Gasteiger partial charge in [-0.3, -0.25) is 9.20 Å². The average molecular weight is 434 g/mol. The number of carboxylic acid groups (broad SMARTS) is 1. The van der Waals surface area contributed by atoms with E-state index in [1.54, 1.807) is 34.7 Å². The van der Waals surface area contributed by atoms with Crippen LogP contribution in [0.5, 0.6) is 0 Å². The molecular weight excluding hydrogens is 402 g/mol. The van der Waals surface area contributed by atoms with Crippen molar-refractivity contribution in [1.29, 1.82) is 0 Å². The molecule has 0 aliphatic heterocycles. The summed E-state index contributed by atoms with van der Waals surface area (Å²) >= 11 is 0. The second-order valence-electron chi connectivity index (χ2n) is 9.84. The van der Waals surface area contributed by atoms with E-state index in [9.17, 15) is 14.7 Å². The molecular formula is C26H31N3O3. The van der Waals surface area contributed by atoms with E-state index in [-0.39, 0.29) is 17.2 Å². The topological polar surface area (TPSA) is 83.7 Å². The van der Waals surface area contributed by atoms with Crippen molar-refractivity contribution in [2.24, 2.45) is 5.41 Å². The summed E-state index contributed by atoms with van der Waals surface area (Å²) in [6.07, 6.45) is 6.15. The third-order valence-electron chi connectivity index (χ3n) is 6.70. The van der Waals surface area contributed by atoms with E-state index in [0.29, 0.717) is 22.7 Å². The minimum Gasteiger partial charge on any atom is -0.478 e. The first kappa shape index (κ1) is 22.1. The maximum absolute atomic E-state index is 13.0. The Morgan fingerprint density at radius 2 is 1.91 bits per heavy atom. The van der Waals surface area contributed by atoms with Gasteiger partial charge in [-0.05, 0) is 68.7 Å². The van der Waals surface area contributed by atoms with E-state index >= 15 is 0 Å². The number of aryl methyl sites for hydroxylation is 1. The van der Waals surface area contributed by atoms with Crippen LogP contribution in [0.2, 0.25) is 0 Å². The zero-order chi connectivity index (χ0) is 23.0. The highest BCUT2D eigenvalue weighted by atomic mass is 16.4. The van der Waals surface area contributed by atoms with Crippen LogP contribution in [0, 0.1) is 12.3 Å². The first-order valence-corrected chi connectivity index (χ1v) is 11.3. The van der Waals surface area contributed by atoms with E-state index in [4.69, 9.17) is 4.98 Å². The van der Waals surface area contributed by atoms with Crippen LogP contribution >= 0.6 is 0 Å². The summed E-state index contributed by atoms with van der Waals surface area (Å²) in [5, 5.41) is 12.8. The molecule has 2 aromatic heterocycles. The Labute approximate surface area is 188 Å². The lowest BCUT2D eigenvalue weighted by atomic mass is 9.72. The molecule has 6 nitrogen and oxygen atoms in total. The quantitative estimate of drug-likeness (QED) is 0.550. The normalized spacial score (nSPS) is 17.2. The van der Waals surface area contributed by atoms with E-state index in [2.05, 4.69) is 19.2 Å². The predicted octanol–water partition coefficient (Wildman–Crippen LogP) is 5.56. The van der Waals surface area contributed by atoms with Crippen LogP contribution in [0.25, 0.3) is 5.65 Å². The Morgan fingerprint density at radius 3 is 2.59 bits per heavy atom. The average Bonchev–Trinajstić information content (AvgIpc) is 2.74. The van der Waals surface area contributed by atoms with Gasteiger partial charge in [0, 0.05) is 29.4 Å². The maximum Gasteiger partial charge on any atom is 0.337 e. The lowest BCUT2D eigenvalue weighted by molar-refractivity contribution is 0.0698. The van der Waals surface area contributed by atoms with Crippen LogP contribution in [-0.2, 0) is 0 Å². The predicted molar refractivity (Wildman–Crippen MR) is 127 cm³/mol. The molecule has 4 rings (SSSR count). The van der Waals surface area contributed by atoms with Gasteiger partial charge < -0.3 is 10.4 Å². The number of carboxylic acids is 1. The number of benzene rings is 1. The number of aromatic carboxylic acids is 1. The van der Waals surface area contributed by atoms with Crippen LogP contribution in [-0.4, -0.2) is 20.5 Å². The first-order valence-electron chi connectivity index (χ1n) is 11.3. The highest BCUT2D eigenvalue weighted by Gasteiger charge is 2.29. The second kappa shape index (κ2) is 8.41. The number of carbonyl (C=O) groups is 1. The fourth-order valence-corrected chi connectivity index (χ4v) is 4.72. The summed E-state index contributed by atoms with van der Waals surface area (Å²) in [5.41, 5.74) is 4.36. The first-order chi connectivity index (χ1) is 15.1. The number of rotatable bonds is 5. The number of aromatic nitrogens is 2. The zero-order valence-corrected chi connectivity index (χ0v) is 19.2. The fourth-order valence-electron chi connectivity index (χ4n) is 4.72. The standard InChI is InChI=1S/C26H31N3O3/c1-16-13-20(17(2)27-21-8-6-5-7-19(21)25(31)32)24-28-22(14-23(30)29(24)15-16)18-9-11-26(3,4)12-10-18/h5-8,13-15,17-18,27H,9-12H2,1-4H3,(H,31,32)/t17-/m1/s1. The summed E-state index contributed by atoms with van der Waals surface area (Å²) in [6.45, 7) is 8.52. The van der Waals surface area contributed by atoms with Gasteiger partial charge in [0.1, 0.15) is 5.65 Å². The van der Waals surface area contributed by atoms with Crippen molar-refractivity contribution in [1.82, 2.24) is 9.38 Å². The van der Waals surface area contributed by atoms with Gasteiger partial charge in [0.05, 0.1) is 17.3 Å². The molecule has 1 aliphatic rings. The van der Waals surface area contributed by atoms with Crippen molar-refractivity contribution >= 4 is 17.3 Å². The number of fused-ring (bicyclic) bond motifs is 1. The molecule has 0 unspecified atom stereocenters. The van der Waals surface area contributed by atoms with Gasteiger partial charge in [-0.15, -0.1) is 0 Å². The van der Waals surface area contributed by atoms with Gasteiger partial charge in [0.25, 0.3) is 5.56 Å². The summed E-state index contributed by atoms with van der Waals surface area (Å²) in [4.78, 5) is 29.6. The van der Waals surface area contributed by atoms with Crippen molar-refractivity contribution in [2.75, 3.05) is 5.32 Å². The molecule has 1 aromatic carbocycles. The highest BCUT2D eigenvalue weighted by Crippen LogP contribution is 2.41. The lowest BCUT2D eigenvalue weighted by Gasteiger charge is -2.34. The van der Waals surface area contributed by atoms with Crippen LogP contribution < -0.4 is 10.9 Å². The molecule has 2 heterocycles. The Bertz CT molecular complexity index is 1220. The molecule has 6 heteroatoms. The monoisotopic (exact) mass is 433 g/mol. The van der Waals surface area contributed by atoms with Crippen LogP contribution in [0.4, 0.5) is 5.69 Å². The zero-order valence-electron chi connectivity index (χ0n) is 19.2. The Kier molecular flexibility index (Phi) is 5.80. The largest absolute Gasteiger partial charge is 0.478 e. The molecule has 0 radical (unpaired) electrons. The van der Waals surface area contributed by atoms with Crippen molar-refractivity contribution in [3.8, 4) is 0 Å². The molecule has 1 saturated carbocycles. The molecule has 0 spiro atoms. The van der Waals surface area contributed by atoms with E-state index in [1.807, 2.05) is 26.1 Å². The third-order valence-corrected chi connectivity index (χ3v) is 6.70. The number of pyridine rings is 1. The minimum atomic E-state index is -0.980. The van der Waals surface area contributed by atoms with Gasteiger partial charge in [0.15, 0.2) is 0 Å². The van der Waals surface area contributed by atoms with E-state index in [1.165, 1.54) is 0 Å². The number of para-hydroxylation sites is 1. The molecule has 2 N–H and O–H groups in total. The van der Waals surface area contributed by atoms with Crippen molar-refractivity contribution < 1.29 is 9.90 Å². The molecule has 0 amide bonds. The fraction of sp³-hybridized carbons (Fsp3) is 0.423. The van der Waals surface area contributed by atoms with Crippen molar-refractivity contribution in [3.63, 3.8) is 0 Å². The number of nitrogens with one attached hydrogen (secondary N) is 1. The molecule has 1 fully saturated rings. The van der Waals surface area contributed by atoms with E-state index < -0.39 is 5.97 Å². The van der Waals surface area contributed by atoms with Gasteiger partial charge in [0.2, 0.25) is 0 Å². The summed E-state index contributed by atoms with van der Waals surface area (Å²) < 4.78 is 1.61. The van der Waals surface area contributed by atoms with Crippen LogP contribution in [0.15, 0.2) is 47.4 Å². The van der Waals surface area contributed by atoms with Crippen molar-refractivity contribution in [2.45, 2.75) is 65.3 Å².